The standard InChI is InChI=1S/C21H37N3O3/c1-4-8-16(2)12-14-23-21(26)19(11-5-6-13-22)24-20(25)17-9-7-10-18(15-17)27-3/h12,15,18-19H,4-11,13-14,22H2,1-3H3,(H,23,26)(H,24,25)/b16-12-/t18?,19-/m0/s1. The van der Waals surface area contributed by atoms with E-state index in [1.165, 1.54) is 5.57 Å². The molecule has 0 aromatic rings. The van der Waals surface area contributed by atoms with Gasteiger partial charge in [-0.25, -0.2) is 0 Å². The Morgan fingerprint density at radius 2 is 2.19 bits per heavy atom. The van der Waals surface area contributed by atoms with Gasteiger partial charge in [-0.3, -0.25) is 9.59 Å². The molecule has 6 nitrogen and oxygen atoms in total. The van der Waals surface area contributed by atoms with Crippen molar-refractivity contribution in [2.45, 2.75) is 77.4 Å². The van der Waals surface area contributed by atoms with Crippen molar-refractivity contribution < 1.29 is 14.3 Å². The van der Waals surface area contributed by atoms with E-state index in [0.29, 0.717) is 25.1 Å². The highest BCUT2D eigenvalue weighted by Gasteiger charge is 2.24. The smallest absolute Gasteiger partial charge is 0.247 e. The quantitative estimate of drug-likeness (QED) is 0.359. The number of amides is 2. The number of unbranched alkanes of at least 4 members (excludes halogenated alkanes) is 1. The largest absolute Gasteiger partial charge is 0.377 e. The summed E-state index contributed by atoms with van der Waals surface area (Å²) in [7, 11) is 1.65. The summed E-state index contributed by atoms with van der Waals surface area (Å²) in [5.74, 6) is -0.303. The van der Waals surface area contributed by atoms with Crippen LogP contribution in [0.3, 0.4) is 0 Å². The molecule has 0 fully saturated rings. The zero-order valence-electron chi connectivity index (χ0n) is 17.2. The minimum absolute atomic E-state index is 0.0179. The normalized spacial score (nSPS) is 18.6. The van der Waals surface area contributed by atoms with Gasteiger partial charge < -0.3 is 21.1 Å². The van der Waals surface area contributed by atoms with E-state index in [-0.39, 0.29) is 17.9 Å². The minimum atomic E-state index is -0.534. The first kappa shape index (κ1) is 23.4. The number of allylic oxidation sites excluding steroid dienone is 1. The summed E-state index contributed by atoms with van der Waals surface area (Å²) in [6.07, 6.45) is 10.8. The van der Waals surface area contributed by atoms with Crippen molar-refractivity contribution in [3.8, 4) is 0 Å². The number of carbonyl (C=O) groups excluding carboxylic acids is 2. The number of hydrogen-bond donors (Lipinski definition) is 3. The van der Waals surface area contributed by atoms with Crippen LogP contribution in [0.25, 0.3) is 0 Å². The molecular weight excluding hydrogens is 342 g/mol. The molecule has 1 aliphatic rings. The molecule has 2 atom stereocenters. The van der Waals surface area contributed by atoms with Crippen LogP contribution in [0.15, 0.2) is 23.3 Å². The highest BCUT2D eigenvalue weighted by Crippen LogP contribution is 2.20. The van der Waals surface area contributed by atoms with Gasteiger partial charge in [0, 0.05) is 19.2 Å². The molecule has 0 aromatic heterocycles. The maximum absolute atomic E-state index is 12.6. The van der Waals surface area contributed by atoms with Gasteiger partial charge in [-0.2, -0.15) is 0 Å². The van der Waals surface area contributed by atoms with Gasteiger partial charge >= 0.3 is 0 Å². The molecule has 6 heteroatoms. The Kier molecular flexibility index (Phi) is 11.7. The van der Waals surface area contributed by atoms with E-state index >= 15 is 0 Å². The van der Waals surface area contributed by atoms with Crippen LogP contribution < -0.4 is 16.4 Å². The topological polar surface area (TPSA) is 93.5 Å². The molecule has 0 spiro atoms. The van der Waals surface area contributed by atoms with Crippen LogP contribution in [-0.2, 0) is 14.3 Å². The number of carbonyl (C=O) groups is 2. The Bertz CT molecular complexity index is 529. The summed E-state index contributed by atoms with van der Waals surface area (Å²) < 4.78 is 5.34. The van der Waals surface area contributed by atoms with E-state index in [9.17, 15) is 9.59 Å². The van der Waals surface area contributed by atoms with E-state index in [0.717, 1.165) is 44.9 Å². The molecule has 0 radical (unpaired) electrons. The van der Waals surface area contributed by atoms with Crippen molar-refractivity contribution in [2.24, 2.45) is 5.73 Å². The minimum Gasteiger partial charge on any atom is -0.377 e. The molecule has 0 saturated carbocycles. The molecule has 27 heavy (non-hydrogen) atoms. The number of methoxy groups -OCH3 is 1. The molecule has 1 unspecified atom stereocenters. The highest BCUT2D eigenvalue weighted by atomic mass is 16.5. The van der Waals surface area contributed by atoms with Crippen molar-refractivity contribution in [3.63, 3.8) is 0 Å². The molecule has 0 bridgehead atoms. The molecule has 0 heterocycles. The summed E-state index contributed by atoms with van der Waals surface area (Å²) in [5.41, 5.74) is 7.54. The molecule has 2 amide bonds. The molecular formula is C21H37N3O3. The number of nitrogens with two attached hydrogens (primary N) is 1. The molecule has 154 valence electrons. The molecule has 4 N–H and O–H groups in total. The predicted molar refractivity (Wildman–Crippen MR) is 109 cm³/mol. The van der Waals surface area contributed by atoms with Crippen molar-refractivity contribution in [2.75, 3.05) is 20.2 Å². The number of hydrogen-bond acceptors (Lipinski definition) is 4. The van der Waals surface area contributed by atoms with Gasteiger partial charge in [-0.1, -0.05) is 25.0 Å². The fourth-order valence-electron chi connectivity index (χ4n) is 3.22. The van der Waals surface area contributed by atoms with Gasteiger partial charge in [0.05, 0.1) is 6.10 Å². The Morgan fingerprint density at radius 3 is 2.85 bits per heavy atom. The molecule has 1 aliphatic carbocycles. The van der Waals surface area contributed by atoms with Gasteiger partial charge in [-0.15, -0.1) is 0 Å². The van der Waals surface area contributed by atoms with Crippen LogP contribution in [0, 0.1) is 0 Å². The van der Waals surface area contributed by atoms with E-state index in [1.54, 1.807) is 7.11 Å². The van der Waals surface area contributed by atoms with Crippen molar-refractivity contribution in [1.82, 2.24) is 10.6 Å². The molecule has 0 saturated heterocycles. The molecule has 0 aromatic carbocycles. The second kappa shape index (κ2) is 13.5. The average molecular weight is 380 g/mol. The number of ether oxygens (including phenoxy) is 1. The van der Waals surface area contributed by atoms with Crippen LogP contribution in [0.1, 0.15) is 65.2 Å². The Balaban J connectivity index is 2.66. The van der Waals surface area contributed by atoms with Crippen LogP contribution in [-0.4, -0.2) is 44.2 Å². The molecule has 1 rings (SSSR count). The Hall–Kier alpha value is -1.66. The lowest BCUT2D eigenvalue weighted by molar-refractivity contribution is -0.127. The first-order valence-corrected chi connectivity index (χ1v) is 10.2. The van der Waals surface area contributed by atoms with Crippen molar-refractivity contribution in [3.05, 3.63) is 23.3 Å². The lowest BCUT2D eigenvalue weighted by Gasteiger charge is -2.22. The van der Waals surface area contributed by atoms with Gasteiger partial charge in [-0.05, 0) is 64.5 Å². The number of rotatable bonds is 12. The lowest BCUT2D eigenvalue weighted by Crippen LogP contribution is -2.47. The second-order valence-corrected chi connectivity index (χ2v) is 7.21. The third kappa shape index (κ3) is 9.20. The van der Waals surface area contributed by atoms with E-state index in [2.05, 4.69) is 24.5 Å². The zero-order chi connectivity index (χ0) is 20.1. The van der Waals surface area contributed by atoms with Gasteiger partial charge in [0.1, 0.15) is 6.04 Å². The summed E-state index contributed by atoms with van der Waals surface area (Å²) in [6.45, 7) is 5.27. The van der Waals surface area contributed by atoms with Crippen molar-refractivity contribution >= 4 is 11.8 Å². The highest BCUT2D eigenvalue weighted by molar-refractivity contribution is 5.97. The maximum Gasteiger partial charge on any atom is 0.247 e. The third-order valence-corrected chi connectivity index (χ3v) is 4.86. The summed E-state index contributed by atoms with van der Waals surface area (Å²) in [4.78, 5) is 25.2. The monoisotopic (exact) mass is 379 g/mol. The molecule has 0 aliphatic heterocycles. The number of nitrogens with one attached hydrogen (secondary N) is 2. The zero-order valence-corrected chi connectivity index (χ0v) is 17.2. The predicted octanol–water partition coefficient (Wildman–Crippen LogP) is 2.59. The summed E-state index contributed by atoms with van der Waals surface area (Å²) in [5, 5.41) is 5.84. The van der Waals surface area contributed by atoms with Crippen LogP contribution >= 0.6 is 0 Å². The first-order chi connectivity index (χ1) is 13.0. The Morgan fingerprint density at radius 1 is 1.41 bits per heavy atom. The summed E-state index contributed by atoms with van der Waals surface area (Å²) in [6, 6.07) is -0.534. The van der Waals surface area contributed by atoms with Gasteiger partial charge in [0.2, 0.25) is 11.8 Å². The van der Waals surface area contributed by atoms with Gasteiger partial charge in [0.15, 0.2) is 0 Å². The lowest BCUT2D eigenvalue weighted by atomic mass is 9.96. The van der Waals surface area contributed by atoms with Crippen LogP contribution in [0.2, 0.25) is 0 Å². The van der Waals surface area contributed by atoms with E-state index < -0.39 is 6.04 Å². The third-order valence-electron chi connectivity index (χ3n) is 4.86. The van der Waals surface area contributed by atoms with Gasteiger partial charge in [0.25, 0.3) is 0 Å². The van der Waals surface area contributed by atoms with Crippen LogP contribution in [0.5, 0.6) is 0 Å². The van der Waals surface area contributed by atoms with Crippen molar-refractivity contribution in [1.29, 1.82) is 0 Å². The average Bonchev–Trinajstić information content (AvgIpc) is 2.67. The second-order valence-electron chi connectivity index (χ2n) is 7.21. The van der Waals surface area contributed by atoms with E-state index in [1.807, 2.05) is 12.2 Å². The van der Waals surface area contributed by atoms with Crippen LogP contribution in [0.4, 0.5) is 0 Å². The maximum atomic E-state index is 12.6. The Labute approximate surface area is 164 Å². The first-order valence-electron chi connectivity index (χ1n) is 10.2. The SMILES string of the molecule is CCC/C(C)=C\CNC(=O)[C@H](CCCCN)NC(=O)C1=CC(OC)CCC1. The summed E-state index contributed by atoms with van der Waals surface area (Å²) >= 11 is 0. The van der Waals surface area contributed by atoms with E-state index in [4.69, 9.17) is 10.5 Å². The fourth-order valence-corrected chi connectivity index (χ4v) is 3.22. The fraction of sp³-hybridized carbons (Fsp3) is 0.714.